The van der Waals surface area contributed by atoms with Crippen molar-refractivity contribution in [1.82, 2.24) is 4.90 Å². The van der Waals surface area contributed by atoms with E-state index in [-0.39, 0.29) is 18.4 Å². The van der Waals surface area contributed by atoms with Crippen molar-refractivity contribution in [3.05, 3.63) is 0 Å². The maximum Gasteiger partial charge on any atom is 0.223 e. The third-order valence-electron chi connectivity index (χ3n) is 4.82. The number of likely N-dealkylation sites (tertiary alicyclic amines) is 1. The van der Waals surface area contributed by atoms with E-state index in [2.05, 4.69) is 11.8 Å². The summed E-state index contributed by atoms with van der Waals surface area (Å²) in [6.45, 7) is 3.17. The minimum Gasteiger partial charge on any atom is -0.340 e. The van der Waals surface area contributed by atoms with E-state index in [1.807, 2.05) is 0 Å². The van der Waals surface area contributed by atoms with Gasteiger partial charge in [0.25, 0.3) is 0 Å². The lowest BCUT2D eigenvalue weighted by atomic mass is 9.82. The standard InChI is InChI=1S/C15H28N2O.ClH/c1-2-13-8-5-6-10-17(13)15(18)11-12-7-3-4-9-14(12)16;/h12-14H,2-11,16H2,1H3;1H. The zero-order valence-electron chi connectivity index (χ0n) is 12.1. The second-order valence-corrected chi connectivity index (χ2v) is 6.06. The molecule has 0 aromatic heterocycles. The van der Waals surface area contributed by atoms with Crippen molar-refractivity contribution < 1.29 is 4.79 Å². The minimum atomic E-state index is 0. The molecule has 1 heterocycles. The Hall–Kier alpha value is -0.280. The van der Waals surface area contributed by atoms with Gasteiger partial charge in [0.1, 0.15) is 0 Å². The Balaban J connectivity index is 0.00000180. The summed E-state index contributed by atoms with van der Waals surface area (Å²) in [6.07, 6.45) is 10.2. The van der Waals surface area contributed by atoms with Crippen LogP contribution in [0.5, 0.6) is 0 Å². The highest BCUT2D eigenvalue weighted by molar-refractivity contribution is 5.85. The molecule has 3 unspecified atom stereocenters. The van der Waals surface area contributed by atoms with Crippen LogP contribution >= 0.6 is 12.4 Å². The van der Waals surface area contributed by atoms with Gasteiger partial charge in [-0.05, 0) is 44.4 Å². The number of rotatable bonds is 3. The van der Waals surface area contributed by atoms with Crippen LogP contribution in [0.1, 0.15) is 64.7 Å². The number of amides is 1. The van der Waals surface area contributed by atoms with Crippen molar-refractivity contribution >= 4 is 18.3 Å². The molecule has 1 amide bonds. The lowest BCUT2D eigenvalue weighted by Gasteiger charge is -2.37. The van der Waals surface area contributed by atoms with Crippen molar-refractivity contribution in [2.75, 3.05) is 6.54 Å². The number of carbonyl (C=O) groups excluding carboxylic acids is 1. The van der Waals surface area contributed by atoms with Crippen molar-refractivity contribution in [3.8, 4) is 0 Å². The lowest BCUT2D eigenvalue weighted by molar-refractivity contribution is -0.136. The van der Waals surface area contributed by atoms with Crippen LogP contribution in [0.25, 0.3) is 0 Å². The molecule has 1 saturated carbocycles. The summed E-state index contributed by atoms with van der Waals surface area (Å²) in [7, 11) is 0. The zero-order valence-corrected chi connectivity index (χ0v) is 13.0. The van der Waals surface area contributed by atoms with E-state index in [1.54, 1.807) is 0 Å². The first-order chi connectivity index (χ1) is 8.72. The average Bonchev–Trinajstić information content (AvgIpc) is 2.41. The number of piperidine rings is 1. The molecule has 2 fully saturated rings. The Bertz CT molecular complexity index is 285. The number of hydrogen-bond acceptors (Lipinski definition) is 2. The first-order valence-electron chi connectivity index (χ1n) is 7.77. The average molecular weight is 289 g/mol. The molecule has 1 aliphatic carbocycles. The summed E-state index contributed by atoms with van der Waals surface area (Å²) in [5.74, 6) is 0.801. The molecule has 3 atom stereocenters. The van der Waals surface area contributed by atoms with Gasteiger partial charge in [-0.25, -0.2) is 0 Å². The topological polar surface area (TPSA) is 46.3 Å². The van der Waals surface area contributed by atoms with E-state index in [4.69, 9.17) is 5.73 Å². The predicted molar refractivity (Wildman–Crippen MR) is 81.4 cm³/mol. The maximum absolute atomic E-state index is 12.5. The van der Waals surface area contributed by atoms with Crippen molar-refractivity contribution in [1.29, 1.82) is 0 Å². The third kappa shape index (κ3) is 4.35. The second-order valence-electron chi connectivity index (χ2n) is 6.06. The van der Waals surface area contributed by atoms with Crippen molar-refractivity contribution in [2.24, 2.45) is 11.7 Å². The normalized spacial score (nSPS) is 31.7. The molecule has 0 radical (unpaired) electrons. The fourth-order valence-corrected chi connectivity index (χ4v) is 3.58. The smallest absolute Gasteiger partial charge is 0.223 e. The van der Waals surface area contributed by atoms with Crippen LogP contribution in [0.4, 0.5) is 0 Å². The largest absolute Gasteiger partial charge is 0.340 e. The minimum absolute atomic E-state index is 0. The molecule has 0 spiro atoms. The van der Waals surface area contributed by atoms with Crippen molar-refractivity contribution in [3.63, 3.8) is 0 Å². The number of nitrogens with two attached hydrogens (primary N) is 1. The molecule has 1 aliphatic heterocycles. The quantitative estimate of drug-likeness (QED) is 0.867. The van der Waals surface area contributed by atoms with Gasteiger partial charge < -0.3 is 10.6 Å². The fraction of sp³-hybridized carbons (Fsp3) is 0.933. The van der Waals surface area contributed by atoms with Gasteiger partial charge in [0.05, 0.1) is 0 Å². The molecule has 0 aromatic rings. The first kappa shape index (κ1) is 16.8. The summed E-state index contributed by atoms with van der Waals surface area (Å²) in [4.78, 5) is 14.6. The van der Waals surface area contributed by atoms with E-state index in [1.165, 1.54) is 32.1 Å². The molecule has 1 saturated heterocycles. The van der Waals surface area contributed by atoms with Gasteiger partial charge in [0.15, 0.2) is 0 Å². The van der Waals surface area contributed by atoms with Crippen LogP contribution in [-0.2, 0) is 4.79 Å². The highest BCUT2D eigenvalue weighted by Crippen LogP contribution is 2.28. The molecule has 4 heteroatoms. The fourth-order valence-electron chi connectivity index (χ4n) is 3.58. The van der Waals surface area contributed by atoms with Crippen LogP contribution in [0.15, 0.2) is 0 Å². The lowest BCUT2D eigenvalue weighted by Crippen LogP contribution is -2.45. The van der Waals surface area contributed by atoms with E-state index < -0.39 is 0 Å². The molecule has 2 rings (SSSR count). The summed E-state index contributed by atoms with van der Waals surface area (Å²) >= 11 is 0. The monoisotopic (exact) mass is 288 g/mol. The van der Waals surface area contributed by atoms with Crippen LogP contribution in [0.2, 0.25) is 0 Å². The summed E-state index contributed by atoms with van der Waals surface area (Å²) < 4.78 is 0. The Morgan fingerprint density at radius 1 is 1.16 bits per heavy atom. The van der Waals surface area contributed by atoms with Crippen LogP contribution in [-0.4, -0.2) is 29.4 Å². The predicted octanol–water partition coefficient (Wildman–Crippen LogP) is 3.11. The molecule has 0 bridgehead atoms. The van der Waals surface area contributed by atoms with Gasteiger partial charge in [-0.3, -0.25) is 4.79 Å². The molecule has 0 aromatic carbocycles. The number of halogens is 1. The SMILES string of the molecule is CCC1CCCCN1C(=O)CC1CCCCC1N.Cl. The van der Waals surface area contributed by atoms with Crippen LogP contribution < -0.4 is 5.73 Å². The van der Waals surface area contributed by atoms with Crippen molar-refractivity contribution in [2.45, 2.75) is 76.8 Å². The summed E-state index contributed by atoms with van der Waals surface area (Å²) in [5.41, 5.74) is 6.15. The Kier molecular flexibility index (Phi) is 7.16. The zero-order chi connectivity index (χ0) is 13.0. The van der Waals surface area contributed by atoms with E-state index in [9.17, 15) is 4.79 Å². The summed E-state index contributed by atoms with van der Waals surface area (Å²) in [6, 6.07) is 0.749. The molecular formula is C15H29ClN2O. The number of nitrogens with zero attached hydrogens (tertiary/aromatic N) is 1. The van der Waals surface area contributed by atoms with E-state index >= 15 is 0 Å². The first-order valence-corrected chi connectivity index (χ1v) is 7.77. The van der Waals surface area contributed by atoms with Gasteiger partial charge >= 0.3 is 0 Å². The van der Waals surface area contributed by atoms with E-state index in [0.29, 0.717) is 24.3 Å². The molecule has 2 aliphatic rings. The maximum atomic E-state index is 12.5. The highest BCUT2D eigenvalue weighted by atomic mass is 35.5. The number of hydrogen-bond donors (Lipinski definition) is 1. The second kappa shape index (κ2) is 8.11. The molecule has 19 heavy (non-hydrogen) atoms. The van der Waals surface area contributed by atoms with Gasteiger partial charge in [-0.1, -0.05) is 19.8 Å². The Labute approximate surface area is 123 Å². The Morgan fingerprint density at radius 2 is 1.84 bits per heavy atom. The van der Waals surface area contributed by atoms with Crippen LogP contribution in [0.3, 0.4) is 0 Å². The number of carbonyl (C=O) groups is 1. The molecule has 3 nitrogen and oxygen atoms in total. The van der Waals surface area contributed by atoms with E-state index in [0.717, 1.165) is 25.8 Å². The summed E-state index contributed by atoms with van der Waals surface area (Å²) in [5, 5.41) is 0. The van der Waals surface area contributed by atoms with Gasteiger partial charge in [0.2, 0.25) is 5.91 Å². The van der Waals surface area contributed by atoms with Gasteiger partial charge in [-0.15, -0.1) is 12.4 Å². The Morgan fingerprint density at radius 3 is 2.53 bits per heavy atom. The third-order valence-corrected chi connectivity index (χ3v) is 4.82. The highest BCUT2D eigenvalue weighted by Gasteiger charge is 2.30. The van der Waals surface area contributed by atoms with Crippen LogP contribution in [0, 0.1) is 5.92 Å². The molecule has 112 valence electrons. The van der Waals surface area contributed by atoms with Gasteiger partial charge in [0, 0.05) is 25.0 Å². The molecular weight excluding hydrogens is 260 g/mol. The molecule has 2 N–H and O–H groups in total. The van der Waals surface area contributed by atoms with Gasteiger partial charge in [-0.2, -0.15) is 0 Å².